The zero-order chi connectivity index (χ0) is 19.5. The van der Waals surface area contributed by atoms with Gasteiger partial charge in [-0.15, -0.1) is 0 Å². The molecule has 136 valence electrons. The highest BCUT2D eigenvalue weighted by Gasteiger charge is 2.36. The highest BCUT2D eigenvalue weighted by Crippen LogP contribution is 2.23. The third-order valence-corrected chi connectivity index (χ3v) is 3.86. The number of benzene rings is 2. The fourth-order valence-corrected chi connectivity index (χ4v) is 2.05. The van der Waals surface area contributed by atoms with Gasteiger partial charge in [0.25, 0.3) is 0 Å². The van der Waals surface area contributed by atoms with E-state index < -0.39 is 28.9 Å². The molecule has 5 nitrogen and oxygen atoms in total. The Labute approximate surface area is 149 Å². The predicted octanol–water partition coefficient (Wildman–Crippen LogP) is 3.77. The average molecular weight is 360 g/mol. The number of Topliss-reactive ketones (excluding diaryl/α,β-unsaturated/α-hetero) is 1. The Hall–Kier alpha value is -3.09. The van der Waals surface area contributed by atoms with Crippen LogP contribution in [-0.2, 0) is 9.59 Å². The number of nitrogens with one attached hydrogen (secondary N) is 2. The zero-order valence-electron chi connectivity index (χ0n) is 14.5. The van der Waals surface area contributed by atoms with E-state index in [2.05, 4.69) is 10.6 Å². The second-order valence-electron chi connectivity index (χ2n) is 6.29. The van der Waals surface area contributed by atoms with Crippen LogP contribution in [0.3, 0.4) is 0 Å². The molecule has 0 radical (unpaired) electrons. The normalized spacial score (nSPS) is 11.0. The van der Waals surface area contributed by atoms with Crippen molar-refractivity contribution in [2.24, 2.45) is 5.41 Å². The fraction of sp³-hybridized carbons (Fsp3) is 0.211. The van der Waals surface area contributed by atoms with E-state index in [1.165, 1.54) is 20.8 Å². The smallest absolute Gasteiger partial charge is 0.239 e. The van der Waals surface area contributed by atoms with Gasteiger partial charge in [-0.05, 0) is 57.2 Å². The summed E-state index contributed by atoms with van der Waals surface area (Å²) in [5.74, 6) is -3.18. The molecule has 0 aromatic heterocycles. The third kappa shape index (κ3) is 4.30. The van der Waals surface area contributed by atoms with E-state index in [0.29, 0.717) is 17.3 Å². The minimum absolute atomic E-state index is 0.107. The number of amides is 2. The molecule has 0 fully saturated rings. The summed E-state index contributed by atoms with van der Waals surface area (Å²) in [7, 11) is 0. The maximum Gasteiger partial charge on any atom is 0.239 e. The fourth-order valence-electron chi connectivity index (χ4n) is 2.05. The van der Waals surface area contributed by atoms with Crippen LogP contribution >= 0.6 is 0 Å². The van der Waals surface area contributed by atoms with Gasteiger partial charge in [0.15, 0.2) is 5.78 Å². The number of anilines is 2. The number of rotatable bonds is 5. The highest BCUT2D eigenvalue weighted by molar-refractivity contribution is 6.14. The minimum Gasteiger partial charge on any atom is -0.325 e. The van der Waals surface area contributed by atoms with Crippen molar-refractivity contribution < 1.29 is 23.2 Å². The molecule has 0 aliphatic carbocycles. The first kappa shape index (κ1) is 19.2. The van der Waals surface area contributed by atoms with Gasteiger partial charge < -0.3 is 10.6 Å². The molecule has 0 heterocycles. The maximum atomic E-state index is 13.7. The Morgan fingerprint density at radius 1 is 0.885 bits per heavy atom. The highest BCUT2D eigenvalue weighted by atomic mass is 19.1. The third-order valence-electron chi connectivity index (χ3n) is 3.86. The molecular weight excluding hydrogens is 342 g/mol. The van der Waals surface area contributed by atoms with Gasteiger partial charge >= 0.3 is 0 Å². The van der Waals surface area contributed by atoms with Crippen molar-refractivity contribution in [3.63, 3.8) is 0 Å². The number of halogens is 2. The van der Waals surface area contributed by atoms with Gasteiger partial charge in [0.2, 0.25) is 11.8 Å². The molecule has 0 saturated heterocycles. The van der Waals surface area contributed by atoms with Crippen molar-refractivity contribution in [2.75, 3.05) is 10.6 Å². The summed E-state index contributed by atoms with van der Waals surface area (Å²) in [6, 6.07) is 8.92. The molecule has 0 aliphatic rings. The summed E-state index contributed by atoms with van der Waals surface area (Å²) in [5.41, 5.74) is -0.844. The van der Waals surface area contributed by atoms with Crippen LogP contribution in [0.1, 0.15) is 31.1 Å². The number of carbonyl (C=O) groups excluding carboxylic acids is 3. The molecule has 2 aromatic carbocycles. The minimum atomic E-state index is -1.53. The Morgan fingerprint density at radius 3 is 2.00 bits per heavy atom. The van der Waals surface area contributed by atoms with E-state index in [9.17, 15) is 23.2 Å². The first-order chi connectivity index (χ1) is 12.1. The Morgan fingerprint density at radius 2 is 1.46 bits per heavy atom. The Balaban J connectivity index is 2.10. The SMILES string of the molecule is CC(=O)c1ccc(NC(=O)C(C)(C)C(=O)Nc2ccc(F)cc2F)cc1. The standard InChI is InChI=1S/C19H18F2N2O3/c1-11(24)12-4-7-14(8-5-12)22-17(25)19(2,3)18(26)23-16-9-6-13(20)10-15(16)21/h4-10H,1-3H3,(H,22,25)(H,23,26). The molecular formula is C19H18F2N2O3. The van der Waals surface area contributed by atoms with Crippen LogP contribution in [-0.4, -0.2) is 17.6 Å². The second kappa shape index (κ2) is 7.43. The molecule has 2 N–H and O–H groups in total. The van der Waals surface area contributed by atoms with Crippen LogP contribution in [0, 0.1) is 17.0 Å². The lowest BCUT2D eigenvalue weighted by atomic mass is 9.90. The van der Waals surface area contributed by atoms with Crippen molar-refractivity contribution in [3.8, 4) is 0 Å². The van der Waals surface area contributed by atoms with Crippen LogP contribution < -0.4 is 10.6 Å². The van der Waals surface area contributed by atoms with Crippen LogP contribution in [0.2, 0.25) is 0 Å². The summed E-state index contributed by atoms with van der Waals surface area (Å²) < 4.78 is 26.6. The van der Waals surface area contributed by atoms with Crippen molar-refractivity contribution >= 4 is 29.0 Å². The lowest BCUT2D eigenvalue weighted by molar-refractivity contribution is -0.135. The molecule has 0 bridgehead atoms. The monoisotopic (exact) mass is 360 g/mol. The molecule has 7 heteroatoms. The summed E-state index contributed by atoms with van der Waals surface area (Å²) in [6.07, 6.45) is 0. The topological polar surface area (TPSA) is 75.3 Å². The molecule has 0 saturated carbocycles. The van der Waals surface area contributed by atoms with Gasteiger partial charge in [0, 0.05) is 17.3 Å². The van der Waals surface area contributed by atoms with Crippen molar-refractivity contribution in [1.82, 2.24) is 0 Å². The summed E-state index contributed by atoms with van der Waals surface area (Å²) in [4.78, 5) is 36.1. The van der Waals surface area contributed by atoms with Gasteiger partial charge in [-0.1, -0.05) is 0 Å². The maximum absolute atomic E-state index is 13.7. The van der Waals surface area contributed by atoms with Gasteiger partial charge in [-0.2, -0.15) is 0 Å². The summed E-state index contributed by atoms with van der Waals surface area (Å²) in [5, 5.41) is 4.86. The van der Waals surface area contributed by atoms with E-state index in [1.807, 2.05) is 0 Å². The van der Waals surface area contributed by atoms with Crippen LogP contribution in [0.15, 0.2) is 42.5 Å². The van der Waals surface area contributed by atoms with Crippen LogP contribution in [0.5, 0.6) is 0 Å². The van der Waals surface area contributed by atoms with Gasteiger partial charge in [0.1, 0.15) is 17.0 Å². The second-order valence-corrected chi connectivity index (χ2v) is 6.29. The van der Waals surface area contributed by atoms with Crippen LogP contribution in [0.4, 0.5) is 20.2 Å². The van der Waals surface area contributed by atoms with Crippen LogP contribution in [0.25, 0.3) is 0 Å². The van der Waals surface area contributed by atoms with Gasteiger partial charge in [-0.3, -0.25) is 14.4 Å². The number of hydrogen-bond donors (Lipinski definition) is 2. The largest absolute Gasteiger partial charge is 0.325 e. The van der Waals surface area contributed by atoms with E-state index >= 15 is 0 Å². The van der Waals surface area contributed by atoms with Gasteiger partial charge in [0.05, 0.1) is 5.69 Å². The summed E-state index contributed by atoms with van der Waals surface area (Å²) in [6.45, 7) is 4.18. The quantitative estimate of drug-likeness (QED) is 0.630. The lowest BCUT2D eigenvalue weighted by Gasteiger charge is -2.23. The Kier molecular flexibility index (Phi) is 5.50. The number of hydrogen-bond acceptors (Lipinski definition) is 3. The molecule has 2 amide bonds. The molecule has 26 heavy (non-hydrogen) atoms. The molecule has 0 aliphatic heterocycles. The summed E-state index contributed by atoms with van der Waals surface area (Å²) >= 11 is 0. The zero-order valence-corrected chi connectivity index (χ0v) is 14.5. The molecule has 2 aromatic rings. The first-order valence-corrected chi connectivity index (χ1v) is 7.80. The van der Waals surface area contributed by atoms with Crippen molar-refractivity contribution in [1.29, 1.82) is 0 Å². The molecule has 0 atom stereocenters. The van der Waals surface area contributed by atoms with E-state index in [-0.39, 0.29) is 11.5 Å². The van der Waals surface area contributed by atoms with E-state index in [4.69, 9.17) is 0 Å². The first-order valence-electron chi connectivity index (χ1n) is 7.80. The number of ketones is 1. The predicted molar refractivity (Wildman–Crippen MR) is 93.8 cm³/mol. The van der Waals surface area contributed by atoms with Crippen molar-refractivity contribution in [2.45, 2.75) is 20.8 Å². The Bertz CT molecular complexity index is 862. The average Bonchev–Trinajstić information content (AvgIpc) is 2.57. The van der Waals surface area contributed by atoms with Crippen molar-refractivity contribution in [3.05, 3.63) is 59.7 Å². The van der Waals surface area contributed by atoms with E-state index in [0.717, 1.165) is 12.1 Å². The molecule has 2 rings (SSSR count). The number of carbonyl (C=O) groups is 3. The lowest BCUT2D eigenvalue weighted by Crippen LogP contribution is -2.41. The molecule has 0 unspecified atom stereocenters. The molecule has 0 spiro atoms. The van der Waals surface area contributed by atoms with E-state index in [1.54, 1.807) is 24.3 Å². The van der Waals surface area contributed by atoms with Gasteiger partial charge in [-0.25, -0.2) is 8.78 Å².